The fourth-order valence-corrected chi connectivity index (χ4v) is 2.80. The highest BCUT2D eigenvalue weighted by Gasteiger charge is 2.17. The molecule has 0 bridgehead atoms. The van der Waals surface area contributed by atoms with Crippen LogP contribution in [0, 0.1) is 5.82 Å². The molecule has 17 heavy (non-hydrogen) atoms. The van der Waals surface area contributed by atoms with Crippen LogP contribution in [0.3, 0.4) is 0 Å². The third-order valence-corrected chi connectivity index (χ3v) is 4.48. The highest BCUT2D eigenvalue weighted by atomic mass is 35.5. The molecule has 1 aromatic carbocycles. The van der Waals surface area contributed by atoms with Crippen molar-refractivity contribution in [3.8, 4) is 0 Å². The molecule has 0 heterocycles. The molecule has 0 spiro atoms. The second-order valence-electron chi connectivity index (χ2n) is 3.74. The van der Waals surface area contributed by atoms with Gasteiger partial charge in [-0.2, -0.15) is 0 Å². The number of alkyl halides is 1. The molecule has 0 aliphatic carbocycles. The van der Waals surface area contributed by atoms with Crippen LogP contribution in [-0.2, 0) is 16.6 Å². The molecule has 6 heteroatoms. The van der Waals surface area contributed by atoms with Crippen LogP contribution < -0.4 is 0 Å². The highest BCUT2D eigenvalue weighted by Crippen LogP contribution is 2.09. The van der Waals surface area contributed by atoms with E-state index in [1.807, 2.05) is 0 Å². The second kappa shape index (κ2) is 6.33. The molecule has 3 nitrogen and oxygen atoms in total. The number of rotatable bonds is 6. The lowest BCUT2D eigenvalue weighted by Gasteiger charge is -2.16. The number of hydrogen-bond acceptors (Lipinski definition) is 2. The standard InChI is InChI=1S/C11H15ClFNO2S/c1-14(17(15,16)8-2-7-12)9-10-3-5-11(13)6-4-10/h3-6H,2,7-9H2,1H3. The molecule has 0 aliphatic rings. The predicted molar refractivity (Wildman–Crippen MR) is 67.0 cm³/mol. The predicted octanol–water partition coefficient (Wildman–Crippen LogP) is 2.22. The Morgan fingerprint density at radius 3 is 2.41 bits per heavy atom. The van der Waals surface area contributed by atoms with Gasteiger partial charge in [0.05, 0.1) is 5.75 Å². The first-order chi connectivity index (χ1) is 7.95. The molecule has 0 radical (unpaired) electrons. The van der Waals surface area contributed by atoms with E-state index in [4.69, 9.17) is 11.6 Å². The minimum Gasteiger partial charge on any atom is -0.212 e. The first-order valence-corrected chi connectivity index (χ1v) is 7.34. The molecule has 0 aromatic heterocycles. The van der Waals surface area contributed by atoms with Gasteiger partial charge in [-0.3, -0.25) is 0 Å². The summed E-state index contributed by atoms with van der Waals surface area (Å²) >= 11 is 5.47. The first-order valence-electron chi connectivity index (χ1n) is 5.20. The summed E-state index contributed by atoms with van der Waals surface area (Å²) in [6.07, 6.45) is 0.428. The molecule has 0 unspecified atom stereocenters. The lowest BCUT2D eigenvalue weighted by atomic mass is 10.2. The summed E-state index contributed by atoms with van der Waals surface area (Å²) in [5.74, 6) is 0.0269. The van der Waals surface area contributed by atoms with Crippen molar-refractivity contribution >= 4 is 21.6 Å². The average molecular weight is 280 g/mol. The third-order valence-electron chi connectivity index (χ3n) is 2.33. The fourth-order valence-electron chi connectivity index (χ4n) is 1.34. The van der Waals surface area contributed by atoms with Crippen molar-refractivity contribution in [2.45, 2.75) is 13.0 Å². The van der Waals surface area contributed by atoms with Gasteiger partial charge in [0.1, 0.15) is 5.82 Å². The smallest absolute Gasteiger partial charge is 0.212 e. The molecule has 0 fully saturated rings. The summed E-state index contributed by atoms with van der Waals surface area (Å²) in [7, 11) is -1.77. The van der Waals surface area contributed by atoms with Gasteiger partial charge in [-0.25, -0.2) is 17.1 Å². The van der Waals surface area contributed by atoms with Gasteiger partial charge in [-0.05, 0) is 24.1 Å². The van der Waals surface area contributed by atoms with Crippen molar-refractivity contribution in [2.75, 3.05) is 18.7 Å². The first kappa shape index (κ1) is 14.4. The quantitative estimate of drug-likeness (QED) is 0.749. The number of halogens is 2. The lowest BCUT2D eigenvalue weighted by molar-refractivity contribution is 0.466. The number of hydrogen-bond donors (Lipinski definition) is 0. The van der Waals surface area contributed by atoms with Crippen molar-refractivity contribution in [3.05, 3.63) is 35.6 Å². The van der Waals surface area contributed by atoms with E-state index in [-0.39, 0.29) is 18.1 Å². The molecule has 96 valence electrons. The fraction of sp³-hybridized carbons (Fsp3) is 0.455. The Morgan fingerprint density at radius 1 is 1.29 bits per heavy atom. The molecule has 0 aliphatic heterocycles. The topological polar surface area (TPSA) is 37.4 Å². The summed E-state index contributed by atoms with van der Waals surface area (Å²) in [5.41, 5.74) is 0.753. The molecule has 1 rings (SSSR count). The van der Waals surface area contributed by atoms with Crippen LogP contribution in [0.15, 0.2) is 24.3 Å². The van der Waals surface area contributed by atoms with E-state index >= 15 is 0 Å². The zero-order valence-corrected chi connectivity index (χ0v) is 11.1. The minimum absolute atomic E-state index is 0.0359. The van der Waals surface area contributed by atoms with Crippen LogP contribution in [0.2, 0.25) is 0 Å². The van der Waals surface area contributed by atoms with Crippen molar-refractivity contribution < 1.29 is 12.8 Å². The van der Waals surface area contributed by atoms with Crippen molar-refractivity contribution in [1.29, 1.82) is 0 Å². The van der Waals surface area contributed by atoms with Crippen LogP contribution in [0.25, 0.3) is 0 Å². The average Bonchev–Trinajstić information content (AvgIpc) is 2.29. The number of sulfonamides is 1. The third kappa shape index (κ3) is 4.61. The van der Waals surface area contributed by atoms with E-state index in [1.54, 1.807) is 12.1 Å². The van der Waals surface area contributed by atoms with Crippen LogP contribution in [-0.4, -0.2) is 31.4 Å². The monoisotopic (exact) mass is 279 g/mol. The lowest BCUT2D eigenvalue weighted by Crippen LogP contribution is -2.29. The van der Waals surface area contributed by atoms with Gasteiger partial charge in [0, 0.05) is 19.5 Å². The highest BCUT2D eigenvalue weighted by molar-refractivity contribution is 7.89. The summed E-state index contributed by atoms with van der Waals surface area (Å²) in [5, 5.41) is 0. The molecule has 0 atom stereocenters. The van der Waals surface area contributed by atoms with Gasteiger partial charge in [0.2, 0.25) is 10.0 Å². The molecule has 0 saturated carbocycles. The molecule has 0 N–H and O–H groups in total. The van der Waals surface area contributed by atoms with Crippen molar-refractivity contribution in [1.82, 2.24) is 4.31 Å². The zero-order chi connectivity index (χ0) is 12.9. The van der Waals surface area contributed by atoms with Crippen LogP contribution >= 0.6 is 11.6 Å². The van der Waals surface area contributed by atoms with E-state index < -0.39 is 10.0 Å². The van der Waals surface area contributed by atoms with Gasteiger partial charge < -0.3 is 0 Å². The van der Waals surface area contributed by atoms with Gasteiger partial charge in [-0.1, -0.05) is 12.1 Å². The second-order valence-corrected chi connectivity index (χ2v) is 6.31. The number of benzene rings is 1. The van der Waals surface area contributed by atoms with Gasteiger partial charge >= 0.3 is 0 Å². The Morgan fingerprint density at radius 2 is 1.88 bits per heavy atom. The minimum atomic E-state index is -3.28. The Kier molecular flexibility index (Phi) is 5.36. The van der Waals surface area contributed by atoms with Crippen LogP contribution in [0.4, 0.5) is 4.39 Å². The molecule has 1 aromatic rings. The van der Waals surface area contributed by atoms with Crippen LogP contribution in [0.5, 0.6) is 0 Å². The largest absolute Gasteiger partial charge is 0.214 e. The summed E-state index contributed by atoms with van der Waals surface area (Å²) in [6.45, 7) is 0.241. The van der Waals surface area contributed by atoms with E-state index in [9.17, 15) is 12.8 Å². The Balaban J connectivity index is 2.65. The maximum absolute atomic E-state index is 12.7. The van der Waals surface area contributed by atoms with E-state index in [1.165, 1.54) is 23.5 Å². The van der Waals surface area contributed by atoms with Crippen LogP contribution in [0.1, 0.15) is 12.0 Å². The SMILES string of the molecule is CN(Cc1ccc(F)cc1)S(=O)(=O)CCCCl. The van der Waals surface area contributed by atoms with Gasteiger partial charge in [-0.15, -0.1) is 11.6 Å². The maximum atomic E-state index is 12.7. The molecular formula is C11H15ClFNO2S. The normalized spacial score (nSPS) is 12.0. The Bertz CT molecular complexity index is 447. The van der Waals surface area contributed by atoms with Crippen molar-refractivity contribution in [2.24, 2.45) is 0 Å². The molecule has 0 saturated heterocycles. The molecular weight excluding hydrogens is 265 g/mol. The Hall–Kier alpha value is -0.650. The van der Waals surface area contributed by atoms with Gasteiger partial charge in [0.15, 0.2) is 0 Å². The van der Waals surface area contributed by atoms with E-state index in [0.717, 1.165) is 5.56 Å². The summed E-state index contributed by atoms with van der Waals surface area (Å²) in [4.78, 5) is 0. The number of nitrogens with zero attached hydrogens (tertiary/aromatic N) is 1. The van der Waals surface area contributed by atoms with Gasteiger partial charge in [0.25, 0.3) is 0 Å². The zero-order valence-electron chi connectivity index (χ0n) is 9.57. The Labute approximate surface area is 106 Å². The van der Waals surface area contributed by atoms with E-state index in [0.29, 0.717) is 12.3 Å². The maximum Gasteiger partial charge on any atom is 0.214 e. The summed E-state index contributed by atoms with van der Waals surface area (Å²) in [6, 6.07) is 5.77. The van der Waals surface area contributed by atoms with E-state index in [2.05, 4.69) is 0 Å². The summed E-state index contributed by atoms with van der Waals surface area (Å²) < 4.78 is 37.4. The van der Waals surface area contributed by atoms with Crippen molar-refractivity contribution in [3.63, 3.8) is 0 Å². The molecule has 0 amide bonds.